The molecule has 2 nitrogen and oxygen atoms in total. The van der Waals surface area contributed by atoms with E-state index in [1.165, 1.54) is 0 Å². The molecule has 0 aliphatic rings. The molecular weight excluding hydrogens is 140 g/mol. The predicted molar refractivity (Wildman–Crippen MR) is 46.2 cm³/mol. The lowest BCUT2D eigenvalue weighted by Gasteiger charge is -2.24. The molecule has 0 aromatic rings. The van der Waals surface area contributed by atoms with Crippen molar-refractivity contribution >= 4 is 0 Å². The molecule has 0 amide bonds. The fourth-order valence-electron chi connectivity index (χ4n) is 0.904. The van der Waals surface area contributed by atoms with Crippen LogP contribution in [0.5, 0.6) is 0 Å². The molecule has 0 aromatic carbocycles. The minimum atomic E-state index is -0.493. The smallest absolute Gasteiger partial charge is 0.0650 e. The number of aliphatic hydroxyl groups excluding tert-OH is 2. The van der Waals surface area contributed by atoms with E-state index in [1.807, 2.05) is 13.8 Å². The summed E-state index contributed by atoms with van der Waals surface area (Å²) in [5, 5.41) is 18.7. The van der Waals surface area contributed by atoms with E-state index in [2.05, 4.69) is 6.58 Å². The van der Waals surface area contributed by atoms with Crippen molar-refractivity contribution < 1.29 is 10.2 Å². The average molecular weight is 158 g/mol. The second-order valence-corrected chi connectivity index (χ2v) is 3.19. The van der Waals surface area contributed by atoms with Gasteiger partial charge in [-0.3, -0.25) is 0 Å². The van der Waals surface area contributed by atoms with Crippen LogP contribution < -0.4 is 0 Å². The highest BCUT2D eigenvalue weighted by atomic mass is 16.3. The van der Waals surface area contributed by atoms with Crippen molar-refractivity contribution in [2.75, 3.05) is 0 Å². The highest BCUT2D eigenvalue weighted by Crippen LogP contribution is 2.16. The van der Waals surface area contributed by atoms with Gasteiger partial charge < -0.3 is 10.2 Å². The third-order valence-corrected chi connectivity index (χ3v) is 2.21. The van der Waals surface area contributed by atoms with Crippen LogP contribution >= 0.6 is 0 Å². The van der Waals surface area contributed by atoms with E-state index in [1.54, 1.807) is 13.0 Å². The largest absolute Gasteiger partial charge is 0.393 e. The van der Waals surface area contributed by atoms with E-state index >= 15 is 0 Å². The van der Waals surface area contributed by atoms with Crippen LogP contribution in [0.1, 0.15) is 20.8 Å². The van der Waals surface area contributed by atoms with Crippen molar-refractivity contribution in [1.29, 1.82) is 0 Å². The molecule has 0 rings (SSSR count). The van der Waals surface area contributed by atoms with Gasteiger partial charge in [0.25, 0.3) is 0 Å². The minimum absolute atomic E-state index is 0.0413. The summed E-state index contributed by atoms with van der Waals surface area (Å²) in [6.45, 7) is 8.98. The quantitative estimate of drug-likeness (QED) is 0.603. The molecule has 0 aliphatic carbocycles. The number of hydrogen-bond acceptors (Lipinski definition) is 2. The van der Waals surface area contributed by atoms with Crippen LogP contribution in [0.4, 0.5) is 0 Å². The second-order valence-electron chi connectivity index (χ2n) is 3.19. The highest BCUT2D eigenvalue weighted by molar-refractivity contribution is 4.85. The van der Waals surface area contributed by atoms with Crippen LogP contribution in [-0.2, 0) is 0 Å². The van der Waals surface area contributed by atoms with Gasteiger partial charge in [-0.2, -0.15) is 0 Å². The van der Waals surface area contributed by atoms with E-state index in [4.69, 9.17) is 5.11 Å². The standard InChI is InChI=1S/C9H18O2/c1-5-6(2)9(11)7(3)8(4)10/h5-11H,1H2,2-4H3. The molecule has 0 aromatic heterocycles. The first-order valence-corrected chi connectivity index (χ1v) is 3.99. The van der Waals surface area contributed by atoms with E-state index in [0.29, 0.717) is 0 Å². The topological polar surface area (TPSA) is 40.5 Å². The summed E-state index contributed by atoms with van der Waals surface area (Å²) in [6.07, 6.45) is 0.740. The molecule has 4 unspecified atom stereocenters. The predicted octanol–water partition coefficient (Wildman–Crippen LogP) is 1.19. The zero-order valence-corrected chi connectivity index (χ0v) is 7.49. The van der Waals surface area contributed by atoms with E-state index in [9.17, 15) is 5.11 Å². The first kappa shape index (κ1) is 10.7. The summed E-state index contributed by atoms with van der Waals surface area (Å²) >= 11 is 0. The van der Waals surface area contributed by atoms with Crippen LogP contribution in [0.25, 0.3) is 0 Å². The summed E-state index contributed by atoms with van der Waals surface area (Å²) in [5.41, 5.74) is 0. The lowest BCUT2D eigenvalue weighted by Crippen LogP contribution is -2.31. The van der Waals surface area contributed by atoms with E-state index in [-0.39, 0.29) is 11.8 Å². The molecular formula is C9H18O2. The third-order valence-electron chi connectivity index (χ3n) is 2.21. The number of rotatable bonds is 4. The summed E-state index contributed by atoms with van der Waals surface area (Å²) in [6, 6.07) is 0. The SMILES string of the molecule is C=CC(C)C(O)C(C)C(C)O. The van der Waals surface area contributed by atoms with Gasteiger partial charge in [0, 0.05) is 11.8 Å². The Labute approximate surface area is 68.6 Å². The normalized spacial score (nSPS) is 21.9. The zero-order chi connectivity index (χ0) is 9.02. The molecule has 66 valence electrons. The number of hydrogen-bond donors (Lipinski definition) is 2. The van der Waals surface area contributed by atoms with Crippen molar-refractivity contribution in [2.24, 2.45) is 11.8 Å². The monoisotopic (exact) mass is 158 g/mol. The molecule has 11 heavy (non-hydrogen) atoms. The van der Waals surface area contributed by atoms with Gasteiger partial charge in [0.05, 0.1) is 12.2 Å². The van der Waals surface area contributed by atoms with Gasteiger partial charge in [0.15, 0.2) is 0 Å². The van der Waals surface area contributed by atoms with E-state index < -0.39 is 12.2 Å². The molecule has 0 aliphatic heterocycles. The molecule has 0 radical (unpaired) electrons. The summed E-state index contributed by atoms with van der Waals surface area (Å²) in [4.78, 5) is 0. The molecule has 0 bridgehead atoms. The highest BCUT2D eigenvalue weighted by Gasteiger charge is 2.22. The Morgan fingerprint density at radius 2 is 1.64 bits per heavy atom. The van der Waals surface area contributed by atoms with Crippen molar-refractivity contribution in [2.45, 2.75) is 33.0 Å². The van der Waals surface area contributed by atoms with E-state index in [0.717, 1.165) is 0 Å². The first-order chi connectivity index (χ1) is 5.00. The van der Waals surface area contributed by atoms with Gasteiger partial charge in [-0.05, 0) is 6.92 Å². The van der Waals surface area contributed by atoms with Crippen LogP contribution in [0.3, 0.4) is 0 Å². The van der Waals surface area contributed by atoms with Gasteiger partial charge in [0.1, 0.15) is 0 Å². The minimum Gasteiger partial charge on any atom is -0.393 e. The molecule has 2 heteroatoms. The lowest BCUT2D eigenvalue weighted by atomic mass is 9.90. The van der Waals surface area contributed by atoms with Crippen LogP contribution in [0, 0.1) is 11.8 Å². The molecule has 0 spiro atoms. The summed E-state index contributed by atoms with van der Waals surface area (Å²) in [7, 11) is 0. The maximum absolute atomic E-state index is 9.53. The Morgan fingerprint density at radius 1 is 1.18 bits per heavy atom. The molecule has 2 N–H and O–H groups in total. The van der Waals surface area contributed by atoms with Gasteiger partial charge in [0.2, 0.25) is 0 Å². The Kier molecular flexibility index (Phi) is 4.38. The Morgan fingerprint density at radius 3 is 1.91 bits per heavy atom. The zero-order valence-electron chi connectivity index (χ0n) is 7.49. The van der Waals surface area contributed by atoms with Crippen LogP contribution in [0.15, 0.2) is 12.7 Å². The average Bonchev–Trinajstić information content (AvgIpc) is 2.00. The maximum Gasteiger partial charge on any atom is 0.0650 e. The van der Waals surface area contributed by atoms with Gasteiger partial charge in [-0.1, -0.05) is 19.9 Å². The number of aliphatic hydroxyl groups is 2. The molecule has 0 fully saturated rings. The second kappa shape index (κ2) is 4.52. The first-order valence-electron chi connectivity index (χ1n) is 3.99. The maximum atomic E-state index is 9.53. The summed E-state index contributed by atoms with van der Waals surface area (Å²) in [5.74, 6) is -0.0531. The summed E-state index contributed by atoms with van der Waals surface area (Å²) < 4.78 is 0. The lowest BCUT2D eigenvalue weighted by molar-refractivity contribution is 0.0125. The Hall–Kier alpha value is -0.340. The molecule has 0 saturated heterocycles. The third kappa shape index (κ3) is 3.04. The van der Waals surface area contributed by atoms with Gasteiger partial charge >= 0.3 is 0 Å². The van der Waals surface area contributed by atoms with Crippen molar-refractivity contribution in [3.05, 3.63) is 12.7 Å². The van der Waals surface area contributed by atoms with Gasteiger partial charge in [-0.25, -0.2) is 0 Å². The molecule has 4 atom stereocenters. The fraction of sp³-hybridized carbons (Fsp3) is 0.778. The van der Waals surface area contributed by atoms with Crippen molar-refractivity contribution in [1.82, 2.24) is 0 Å². The van der Waals surface area contributed by atoms with Crippen molar-refractivity contribution in [3.63, 3.8) is 0 Å². The Balaban J connectivity index is 4.00. The van der Waals surface area contributed by atoms with Crippen LogP contribution in [0.2, 0.25) is 0 Å². The molecule has 0 heterocycles. The molecule has 0 saturated carbocycles. The van der Waals surface area contributed by atoms with Crippen LogP contribution in [-0.4, -0.2) is 22.4 Å². The van der Waals surface area contributed by atoms with Crippen molar-refractivity contribution in [3.8, 4) is 0 Å². The fourth-order valence-corrected chi connectivity index (χ4v) is 0.904. The van der Waals surface area contributed by atoms with Gasteiger partial charge in [-0.15, -0.1) is 6.58 Å². The Bertz CT molecular complexity index is 121.